The molecule has 2 aromatic carbocycles. The van der Waals surface area contributed by atoms with Crippen LogP contribution in [-0.4, -0.2) is 46.4 Å². The fourth-order valence-electron chi connectivity index (χ4n) is 4.39. The number of carbonyl (C=O) groups excluding carboxylic acids is 1. The van der Waals surface area contributed by atoms with Crippen LogP contribution >= 0.6 is 0 Å². The number of hydrogen-bond acceptors (Lipinski definition) is 4. The van der Waals surface area contributed by atoms with Crippen LogP contribution in [0.2, 0.25) is 0 Å². The van der Waals surface area contributed by atoms with E-state index in [0.29, 0.717) is 17.7 Å². The molecule has 32 heavy (non-hydrogen) atoms. The van der Waals surface area contributed by atoms with E-state index in [4.69, 9.17) is 5.26 Å². The highest BCUT2D eigenvalue weighted by Crippen LogP contribution is 2.21. The number of amides is 1. The molecule has 0 aliphatic carbocycles. The molecule has 4 rings (SSSR count). The van der Waals surface area contributed by atoms with Crippen molar-refractivity contribution in [3.05, 3.63) is 101 Å². The predicted molar refractivity (Wildman–Crippen MR) is 125 cm³/mol. The van der Waals surface area contributed by atoms with Crippen LogP contribution in [0.5, 0.6) is 0 Å². The van der Waals surface area contributed by atoms with Gasteiger partial charge in [-0.3, -0.25) is 14.7 Å². The van der Waals surface area contributed by atoms with E-state index in [0.717, 1.165) is 44.5 Å². The van der Waals surface area contributed by atoms with E-state index in [1.54, 1.807) is 12.4 Å². The minimum absolute atomic E-state index is 0.0641. The van der Waals surface area contributed by atoms with Gasteiger partial charge in [0.25, 0.3) is 5.91 Å². The second kappa shape index (κ2) is 10.7. The first-order valence-corrected chi connectivity index (χ1v) is 11.2. The predicted octanol–water partition coefficient (Wildman–Crippen LogP) is 4.30. The first-order valence-electron chi connectivity index (χ1n) is 11.2. The molecule has 1 aromatic heterocycles. The minimum atomic E-state index is 0.0641. The third kappa shape index (κ3) is 5.60. The Morgan fingerprint density at radius 3 is 2.53 bits per heavy atom. The van der Waals surface area contributed by atoms with E-state index in [1.165, 1.54) is 5.56 Å². The lowest BCUT2D eigenvalue weighted by Gasteiger charge is -2.38. The zero-order chi connectivity index (χ0) is 22.2. The molecule has 1 saturated heterocycles. The standard InChI is InChI=1S/C27H28N4O/c28-19-23-8-4-9-24(18-23)21-30-15-12-26(13-16-30)31(17-11-22-6-2-1-3-7-22)27(32)25-10-5-14-29-20-25/h1-10,14,18,20,26H,11-13,15-17,21H2. The zero-order valence-electron chi connectivity index (χ0n) is 18.2. The van der Waals surface area contributed by atoms with Crippen molar-refractivity contribution >= 4 is 5.91 Å². The minimum Gasteiger partial charge on any atom is -0.335 e. The van der Waals surface area contributed by atoms with Gasteiger partial charge in [0.15, 0.2) is 0 Å². The summed E-state index contributed by atoms with van der Waals surface area (Å²) in [4.78, 5) is 22.0. The lowest BCUT2D eigenvalue weighted by atomic mass is 10.00. The molecule has 0 saturated carbocycles. The molecule has 1 aliphatic heterocycles. The Bertz CT molecular complexity index is 1050. The quantitative estimate of drug-likeness (QED) is 0.567. The SMILES string of the molecule is N#Cc1cccc(CN2CCC(N(CCc3ccccc3)C(=O)c3cccnc3)CC2)c1. The summed E-state index contributed by atoms with van der Waals surface area (Å²) in [5.74, 6) is 0.0641. The van der Waals surface area contributed by atoms with Gasteiger partial charge in [-0.1, -0.05) is 42.5 Å². The molecule has 1 aliphatic rings. The van der Waals surface area contributed by atoms with Gasteiger partial charge in [-0.25, -0.2) is 0 Å². The molecule has 0 atom stereocenters. The van der Waals surface area contributed by atoms with Gasteiger partial charge in [0.1, 0.15) is 0 Å². The van der Waals surface area contributed by atoms with E-state index >= 15 is 0 Å². The first kappa shape index (κ1) is 21.7. The molecular formula is C27H28N4O. The lowest BCUT2D eigenvalue weighted by Crippen LogP contribution is -2.48. The van der Waals surface area contributed by atoms with Gasteiger partial charge in [-0.05, 0) is 54.7 Å². The summed E-state index contributed by atoms with van der Waals surface area (Å²) < 4.78 is 0. The molecule has 5 heteroatoms. The summed E-state index contributed by atoms with van der Waals surface area (Å²) in [5, 5.41) is 9.14. The Morgan fingerprint density at radius 1 is 1.03 bits per heavy atom. The highest BCUT2D eigenvalue weighted by atomic mass is 16.2. The van der Waals surface area contributed by atoms with Crippen molar-refractivity contribution in [1.82, 2.24) is 14.8 Å². The molecular weight excluding hydrogens is 396 g/mol. The molecule has 162 valence electrons. The van der Waals surface area contributed by atoms with E-state index in [9.17, 15) is 4.79 Å². The Labute approximate surface area is 189 Å². The van der Waals surface area contributed by atoms with Gasteiger partial charge in [0.2, 0.25) is 0 Å². The van der Waals surface area contributed by atoms with Gasteiger partial charge in [0, 0.05) is 44.6 Å². The summed E-state index contributed by atoms with van der Waals surface area (Å²) in [6.07, 6.45) is 6.09. The van der Waals surface area contributed by atoms with Gasteiger partial charge in [-0.2, -0.15) is 5.26 Å². The number of hydrogen-bond donors (Lipinski definition) is 0. The molecule has 0 radical (unpaired) electrons. The highest BCUT2D eigenvalue weighted by molar-refractivity contribution is 5.94. The zero-order valence-corrected chi connectivity index (χ0v) is 18.2. The monoisotopic (exact) mass is 424 g/mol. The molecule has 1 amide bonds. The summed E-state index contributed by atoms with van der Waals surface area (Å²) in [7, 11) is 0. The summed E-state index contributed by atoms with van der Waals surface area (Å²) in [5.41, 5.74) is 3.75. The van der Waals surface area contributed by atoms with Crippen molar-refractivity contribution in [3.8, 4) is 6.07 Å². The summed E-state index contributed by atoms with van der Waals surface area (Å²) in [6, 6.07) is 24.3. The van der Waals surface area contributed by atoms with E-state index in [-0.39, 0.29) is 11.9 Å². The second-order valence-electron chi connectivity index (χ2n) is 8.30. The Morgan fingerprint density at radius 2 is 1.81 bits per heavy atom. The maximum Gasteiger partial charge on any atom is 0.255 e. The van der Waals surface area contributed by atoms with Crippen molar-refractivity contribution in [2.24, 2.45) is 0 Å². The average Bonchev–Trinajstić information content (AvgIpc) is 2.86. The van der Waals surface area contributed by atoms with Crippen LogP contribution in [-0.2, 0) is 13.0 Å². The fourth-order valence-corrected chi connectivity index (χ4v) is 4.39. The van der Waals surface area contributed by atoms with E-state index < -0.39 is 0 Å². The molecule has 0 N–H and O–H groups in total. The number of benzene rings is 2. The fraction of sp³-hybridized carbons (Fsp3) is 0.296. The molecule has 5 nitrogen and oxygen atoms in total. The number of likely N-dealkylation sites (tertiary alicyclic amines) is 1. The Hall–Kier alpha value is -3.49. The highest BCUT2D eigenvalue weighted by Gasteiger charge is 2.28. The smallest absolute Gasteiger partial charge is 0.255 e. The number of nitrogens with zero attached hydrogens (tertiary/aromatic N) is 4. The molecule has 2 heterocycles. The van der Waals surface area contributed by atoms with Crippen LogP contribution in [0.3, 0.4) is 0 Å². The molecule has 0 spiro atoms. The van der Waals surface area contributed by atoms with Crippen LogP contribution in [0.4, 0.5) is 0 Å². The summed E-state index contributed by atoms with van der Waals surface area (Å²) >= 11 is 0. The van der Waals surface area contributed by atoms with Crippen LogP contribution in [0.25, 0.3) is 0 Å². The second-order valence-corrected chi connectivity index (χ2v) is 8.30. The van der Waals surface area contributed by atoms with Gasteiger partial charge < -0.3 is 4.90 Å². The Balaban J connectivity index is 1.42. The third-order valence-electron chi connectivity index (χ3n) is 6.11. The van der Waals surface area contributed by atoms with Crippen LogP contribution in [0, 0.1) is 11.3 Å². The van der Waals surface area contributed by atoms with Crippen molar-refractivity contribution < 1.29 is 4.79 Å². The molecule has 0 unspecified atom stereocenters. The van der Waals surface area contributed by atoms with Crippen LogP contribution in [0.15, 0.2) is 79.1 Å². The average molecular weight is 425 g/mol. The Kier molecular flexibility index (Phi) is 7.27. The van der Waals surface area contributed by atoms with Gasteiger partial charge >= 0.3 is 0 Å². The number of carbonyl (C=O) groups is 1. The number of piperidine rings is 1. The van der Waals surface area contributed by atoms with E-state index in [2.05, 4.69) is 39.1 Å². The van der Waals surface area contributed by atoms with Gasteiger partial charge in [-0.15, -0.1) is 0 Å². The molecule has 3 aromatic rings. The third-order valence-corrected chi connectivity index (χ3v) is 6.11. The molecule has 1 fully saturated rings. The van der Waals surface area contributed by atoms with Crippen molar-refractivity contribution in [2.75, 3.05) is 19.6 Å². The lowest BCUT2D eigenvalue weighted by molar-refractivity contribution is 0.0568. The number of nitriles is 1. The van der Waals surface area contributed by atoms with Crippen molar-refractivity contribution in [1.29, 1.82) is 5.26 Å². The van der Waals surface area contributed by atoms with E-state index in [1.807, 2.05) is 48.5 Å². The maximum atomic E-state index is 13.4. The number of rotatable bonds is 7. The van der Waals surface area contributed by atoms with Crippen molar-refractivity contribution in [3.63, 3.8) is 0 Å². The first-order chi connectivity index (χ1) is 15.7. The van der Waals surface area contributed by atoms with Crippen molar-refractivity contribution in [2.45, 2.75) is 31.8 Å². The maximum absolute atomic E-state index is 13.4. The van der Waals surface area contributed by atoms with Crippen LogP contribution in [0.1, 0.15) is 39.9 Å². The van der Waals surface area contributed by atoms with Gasteiger partial charge in [0.05, 0.1) is 17.2 Å². The normalized spacial score (nSPS) is 14.6. The number of pyridine rings is 1. The summed E-state index contributed by atoms with van der Waals surface area (Å²) in [6.45, 7) is 3.41. The van der Waals surface area contributed by atoms with Crippen LogP contribution < -0.4 is 0 Å². The molecule has 0 bridgehead atoms. The number of aromatic nitrogens is 1. The topological polar surface area (TPSA) is 60.2 Å². The largest absolute Gasteiger partial charge is 0.335 e.